The first-order valence-corrected chi connectivity index (χ1v) is 11.2. The van der Waals surface area contributed by atoms with Crippen LogP contribution in [0.1, 0.15) is 5.56 Å². The molecule has 0 aliphatic carbocycles. The van der Waals surface area contributed by atoms with Crippen molar-refractivity contribution in [3.63, 3.8) is 0 Å². The van der Waals surface area contributed by atoms with Gasteiger partial charge in [0, 0.05) is 17.3 Å². The van der Waals surface area contributed by atoms with Crippen LogP contribution in [0.2, 0.25) is 0 Å². The first-order chi connectivity index (χ1) is 17.2. The van der Waals surface area contributed by atoms with Crippen molar-refractivity contribution in [2.24, 2.45) is 0 Å². The van der Waals surface area contributed by atoms with Gasteiger partial charge >= 0.3 is 5.69 Å². The minimum absolute atomic E-state index is 0.267. The van der Waals surface area contributed by atoms with Gasteiger partial charge in [0.1, 0.15) is 5.69 Å². The Morgan fingerprint density at radius 2 is 1.34 bits per heavy atom. The number of aromatic amines is 1. The SMILES string of the molecule is O=c1c(-c2ccccc2)nc2ccccc2n1/C=C(/c1ccccc1)n1c(=O)[nH]c2ccccc21. The third-order valence-corrected chi connectivity index (χ3v) is 5.99. The van der Waals surface area contributed by atoms with Gasteiger partial charge in [-0.3, -0.25) is 13.9 Å². The largest absolute Gasteiger partial charge is 0.331 e. The summed E-state index contributed by atoms with van der Waals surface area (Å²) >= 11 is 0. The van der Waals surface area contributed by atoms with Crippen LogP contribution in [0.5, 0.6) is 0 Å². The van der Waals surface area contributed by atoms with Gasteiger partial charge in [0.25, 0.3) is 5.56 Å². The van der Waals surface area contributed by atoms with Gasteiger partial charge in [0.05, 0.1) is 27.8 Å². The van der Waals surface area contributed by atoms with E-state index in [9.17, 15) is 9.59 Å². The van der Waals surface area contributed by atoms with Gasteiger partial charge in [-0.05, 0) is 24.3 Å². The maximum absolute atomic E-state index is 13.8. The van der Waals surface area contributed by atoms with E-state index in [-0.39, 0.29) is 11.2 Å². The Bertz CT molecular complexity index is 1830. The number of nitrogens with one attached hydrogen (secondary N) is 1. The van der Waals surface area contributed by atoms with Gasteiger partial charge in [-0.1, -0.05) is 84.9 Å². The van der Waals surface area contributed by atoms with Crippen molar-refractivity contribution in [2.45, 2.75) is 0 Å². The fourth-order valence-corrected chi connectivity index (χ4v) is 4.35. The first kappa shape index (κ1) is 20.6. The molecule has 0 unspecified atom stereocenters. The molecule has 2 heterocycles. The zero-order chi connectivity index (χ0) is 23.8. The smallest absolute Gasteiger partial charge is 0.305 e. The summed E-state index contributed by atoms with van der Waals surface area (Å²) in [6, 6.07) is 34.0. The lowest BCUT2D eigenvalue weighted by Crippen LogP contribution is -2.22. The average Bonchev–Trinajstić information content (AvgIpc) is 3.24. The van der Waals surface area contributed by atoms with Crippen molar-refractivity contribution in [1.82, 2.24) is 19.1 Å². The second kappa shape index (κ2) is 8.43. The van der Waals surface area contributed by atoms with Crippen molar-refractivity contribution in [3.05, 3.63) is 136 Å². The highest BCUT2D eigenvalue weighted by Gasteiger charge is 2.16. The van der Waals surface area contributed by atoms with E-state index in [2.05, 4.69) is 9.97 Å². The number of benzene rings is 4. The normalized spacial score (nSPS) is 11.8. The zero-order valence-electron chi connectivity index (χ0n) is 18.6. The van der Waals surface area contributed by atoms with E-state index in [1.807, 2.05) is 109 Å². The van der Waals surface area contributed by atoms with Crippen LogP contribution >= 0.6 is 0 Å². The quantitative estimate of drug-likeness (QED) is 0.396. The van der Waals surface area contributed by atoms with Gasteiger partial charge in [-0.25, -0.2) is 9.78 Å². The van der Waals surface area contributed by atoms with E-state index in [0.29, 0.717) is 22.4 Å². The number of H-pyrrole nitrogens is 1. The lowest BCUT2D eigenvalue weighted by atomic mass is 10.1. The third-order valence-electron chi connectivity index (χ3n) is 5.99. The Kier molecular flexibility index (Phi) is 4.96. The Hall–Kier alpha value is -4.97. The number of hydrogen-bond acceptors (Lipinski definition) is 3. The topological polar surface area (TPSA) is 72.7 Å². The molecule has 4 aromatic carbocycles. The second-order valence-electron chi connectivity index (χ2n) is 8.15. The molecule has 0 saturated carbocycles. The number of imidazole rings is 1. The van der Waals surface area contributed by atoms with Crippen LogP contribution in [0.15, 0.2) is 119 Å². The number of para-hydroxylation sites is 4. The summed E-state index contributed by atoms with van der Waals surface area (Å²) in [5, 5.41) is 0. The number of nitrogens with zero attached hydrogens (tertiary/aromatic N) is 3. The summed E-state index contributed by atoms with van der Waals surface area (Å²) in [4.78, 5) is 34.6. The lowest BCUT2D eigenvalue weighted by Gasteiger charge is -2.14. The molecule has 6 rings (SSSR count). The van der Waals surface area contributed by atoms with Gasteiger partial charge in [0.2, 0.25) is 0 Å². The molecule has 0 aliphatic heterocycles. The zero-order valence-corrected chi connectivity index (χ0v) is 18.6. The van der Waals surface area contributed by atoms with Crippen molar-refractivity contribution in [2.75, 3.05) is 0 Å². The molecule has 168 valence electrons. The van der Waals surface area contributed by atoms with Crippen molar-refractivity contribution in [1.29, 1.82) is 0 Å². The third kappa shape index (κ3) is 3.57. The molecular weight excluding hydrogens is 436 g/mol. The summed E-state index contributed by atoms with van der Waals surface area (Å²) in [5.41, 5.74) is 4.68. The molecule has 0 bridgehead atoms. The molecule has 0 saturated heterocycles. The van der Waals surface area contributed by atoms with Crippen LogP contribution in [0.3, 0.4) is 0 Å². The predicted molar refractivity (Wildman–Crippen MR) is 140 cm³/mol. The number of fused-ring (bicyclic) bond motifs is 2. The van der Waals surface area contributed by atoms with Crippen molar-refractivity contribution < 1.29 is 0 Å². The van der Waals surface area contributed by atoms with Crippen LogP contribution in [0.4, 0.5) is 0 Å². The Labute approximate surface area is 200 Å². The maximum atomic E-state index is 13.8. The van der Waals surface area contributed by atoms with Crippen LogP contribution in [0, 0.1) is 0 Å². The highest BCUT2D eigenvalue weighted by Crippen LogP contribution is 2.24. The van der Waals surface area contributed by atoms with Crippen molar-refractivity contribution >= 4 is 34.0 Å². The average molecular weight is 457 g/mol. The van der Waals surface area contributed by atoms with Crippen LogP contribution in [0.25, 0.3) is 45.2 Å². The fourth-order valence-electron chi connectivity index (χ4n) is 4.35. The van der Waals surface area contributed by atoms with Crippen LogP contribution in [-0.2, 0) is 0 Å². The molecule has 6 heteroatoms. The highest BCUT2D eigenvalue weighted by molar-refractivity contribution is 5.88. The minimum atomic E-state index is -0.281. The maximum Gasteiger partial charge on any atom is 0.331 e. The number of hydrogen-bond donors (Lipinski definition) is 1. The molecule has 0 radical (unpaired) electrons. The molecule has 0 spiro atoms. The van der Waals surface area contributed by atoms with E-state index in [0.717, 1.165) is 22.2 Å². The van der Waals surface area contributed by atoms with Crippen molar-refractivity contribution in [3.8, 4) is 11.3 Å². The predicted octanol–water partition coefficient (Wildman–Crippen LogP) is 5.21. The van der Waals surface area contributed by atoms with Gasteiger partial charge in [-0.15, -0.1) is 0 Å². The Morgan fingerprint density at radius 3 is 2.11 bits per heavy atom. The summed E-state index contributed by atoms with van der Waals surface area (Å²) in [7, 11) is 0. The molecule has 2 aromatic heterocycles. The molecular formula is C29H20N4O2. The van der Waals surface area contributed by atoms with E-state index >= 15 is 0 Å². The lowest BCUT2D eigenvalue weighted by molar-refractivity contribution is 1.02. The second-order valence-corrected chi connectivity index (χ2v) is 8.15. The molecule has 0 aliphatic rings. The Morgan fingerprint density at radius 1 is 0.714 bits per heavy atom. The van der Waals surface area contributed by atoms with Crippen LogP contribution in [-0.4, -0.2) is 19.1 Å². The Balaban J connectivity index is 1.72. The first-order valence-electron chi connectivity index (χ1n) is 11.2. The minimum Gasteiger partial charge on any atom is -0.305 e. The summed E-state index contributed by atoms with van der Waals surface area (Å²) in [5.74, 6) is 0. The summed E-state index contributed by atoms with van der Waals surface area (Å²) in [6.07, 6.45) is 1.73. The molecule has 0 atom stereocenters. The highest BCUT2D eigenvalue weighted by atomic mass is 16.1. The van der Waals surface area contributed by atoms with Gasteiger partial charge in [-0.2, -0.15) is 0 Å². The van der Waals surface area contributed by atoms with Gasteiger partial charge < -0.3 is 4.98 Å². The van der Waals surface area contributed by atoms with E-state index in [4.69, 9.17) is 0 Å². The number of rotatable bonds is 4. The standard InChI is InChI=1S/C29H20N4O2/c34-28-27(21-13-5-2-6-14-21)30-22-15-7-9-17-24(22)32(28)19-26(20-11-3-1-4-12-20)33-25-18-10-8-16-23(25)31-29(33)35/h1-19H,(H,31,35)/b26-19-. The molecule has 35 heavy (non-hydrogen) atoms. The molecule has 0 fully saturated rings. The summed E-state index contributed by atoms with van der Waals surface area (Å²) < 4.78 is 3.19. The van der Waals surface area contributed by atoms with E-state index in [1.165, 1.54) is 0 Å². The number of aromatic nitrogens is 4. The molecule has 1 N–H and O–H groups in total. The van der Waals surface area contributed by atoms with E-state index < -0.39 is 0 Å². The van der Waals surface area contributed by atoms with E-state index in [1.54, 1.807) is 15.3 Å². The molecule has 0 amide bonds. The monoisotopic (exact) mass is 456 g/mol. The van der Waals surface area contributed by atoms with Crippen LogP contribution < -0.4 is 11.2 Å². The molecule has 6 nitrogen and oxygen atoms in total. The molecule has 6 aromatic rings. The summed E-state index contributed by atoms with van der Waals surface area (Å²) in [6.45, 7) is 0. The fraction of sp³-hybridized carbons (Fsp3) is 0. The van der Waals surface area contributed by atoms with Gasteiger partial charge in [0.15, 0.2) is 0 Å².